The Balaban J connectivity index is 2.24. The second kappa shape index (κ2) is 7.01. The van der Waals surface area contributed by atoms with E-state index < -0.39 is 0 Å². The highest BCUT2D eigenvalue weighted by molar-refractivity contribution is 6.02. The van der Waals surface area contributed by atoms with Crippen LogP contribution in [0.5, 0.6) is 0 Å². The number of aromatic nitrogens is 3. The number of ether oxygens (including phenoxy) is 1. The number of nitrogens with two attached hydrogens (primary N) is 1. The Hall–Kier alpha value is -2.40. The van der Waals surface area contributed by atoms with Gasteiger partial charge >= 0.3 is 0 Å². The molecule has 1 aromatic carbocycles. The van der Waals surface area contributed by atoms with E-state index in [1.165, 1.54) is 11.3 Å². The molecule has 0 fully saturated rings. The molecule has 0 aliphatic heterocycles. The largest absolute Gasteiger partial charge is 0.385 e. The molecule has 0 spiro atoms. The molecular formula is C19H24N4O. The fraction of sp³-hybridized carbons (Fsp3) is 0.368. The molecule has 0 aliphatic rings. The summed E-state index contributed by atoms with van der Waals surface area (Å²) in [6, 6.07) is 8.55. The SMILES string of the molecule is CCc1c(-c2ccc(C)cc2)c2c(N)ncnc2n1CCCOC. The average Bonchev–Trinajstić information content (AvgIpc) is 2.91. The van der Waals surface area contributed by atoms with Crippen LogP contribution in [0, 0.1) is 6.92 Å². The smallest absolute Gasteiger partial charge is 0.146 e. The molecule has 0 atom stereocenters. The zero-order chi connectivity index (χ0) is 17.1. The molecule has 0 aliphatic carbocycles. The minimum atomic E-state index is 0.538. The lowest BCUT2D eigenvalue weighted by atomic mass is 10.0. The summed E-state index contributed by atoms with van der Waals surface area (Å²) in [5, 5.41) is 0.954. The minimum Gasteiger partial charge on any atom is -0.385 e. The van der Waals surface area contributed by atoms with E-state index in [1.54, 1.807) is 13.4 Å². The highest BCUT2D eigenvalue weighted by Crippen LogP contribution is 2.37. The summed E-state index contributed by atoms with van der Waals surface area (Å²) in [6.07, 6.45) is 3.39. The number of anilines is 1. The van der Waals surface area contributed by atoms with Gasteiger partial charge in [0.15, 0.2) is 0 Å². The Morgan fingerprint density at radius 2 is 1.92 bits per heavy atom. The number of nitrogen functional groups attached to an aromatic ring is 1. The van der Waals surface area contributed by atoms with Crippen molar-refractivity contribution in [3.05, 3.63) is 41.9 Å². The van der Waals surface area contributed by atoms with Crippen molar-refractivity contribution < 1.29 is 4.74 Å². The van der Waals surface area contributed by atoms with Gasteiger partial charge in [0.1, 0.15) is 17.8 Å². The predicted octanol–water partition coefficient (Wildman–Crippen LogP) is 3.59. The number of methoxy groups -OCH3 is 1. The Bertz CT molecular complexity index is 837. The van der Waals surface area contributed by atoms with Crippen molar-refractivity contribution in [3.63, 3.8) is 0 Å². The molecule has 126 valence electrons. The topological polar surface area (TPSA) is 66.0 Å². The van der Waals surface area contributed by atoms with Crippen LogP contribution >= 0.6 is 0 Å². The third-order valence-corrected chi connectivity index (χ3v) is 4.38. The van der Waals surface area contributed by atoms with Crippen LogP contribution in [0.1, 0.15) is 24.6 Å². The number of fused-ring (bicyclic) bond motifs is 1. The second-order valence-corrected chi connectivity index (χ2v) is 6.00. The van der Waals surface area contributed by atoms with Crippen LogP contribution in [0.15, 0.2) is 30.6 Å². The summed E-state index contributed by atoms with van der Waals surface area (Å²) in [5.41, 5.74) is 11.9. The van der Waals surface area contributed by atoms with Crippen LogP contribution in [-0.4, -0.2) is 28.3 Å². The molecule has 3 rings (SSSR count). The standard InChI is InChI=1S/C19H24N4O/c1-4-15-16(14-8-6-13(2)7-9-14)17-18(20)21-12-22-19(17)23(15)10-5-11-24-3/h6-9,12H,4-5,10-11H2,1-3H3,(H2,20,21,22). The molecule has 0 amide bonds. The highest BCUT2D eigenvalue weighted by Gasteiger charge is 2.20. The van der Waals surface area contributed by atoms with E-state index in [9.17, 15) is 0 Å². The maximum absolute atomic E-state index is 6.23. The van der Waals surface area contributed by atoms with Gasteiger partial charge < -0.3 is 15.0 Å². The van der Waals surface area contributed by atoms with Gasteiger partial charge in [-0.2, -0.15) is 0 Å². The van der Waals surface area contributed by atoms with Gasteiger partial charge in [-0.25, -0.2) is 9.97 Å². The van der Waals surface area contributed by atoms with Crippen molar-refractivity contribution in [1.82, 2.24) is 14.5 Å². The highest BCUT2D eigenvalue weighted by atomic mass is 16.5. The monoisotopic (exact) mass is 324 g/mol. The number of nitrogens with zero attached hydrogens (tertiary/aromatic N) is 3. The van der Waals surface area contributed by atoms with Crippen molar-refractivity contribution in [2.45, 2.75) is 33.2 Å². The molecule has 0 radical (unpaired) electrons. The molecule has 0 bridgehead atoms. The number of rotatable bonds is 6. The summed E-state index contributed by atoms with van der Waals surface area (Å²) in [5.74, 6) is 0.538. The van der Waals surface area contributed by atoms with Crippen molar-refractivity contribution in [2.75, 3.05) is 19.5 Å². The molecule has 2 N–H and O–H groups in total. The van der Waals surface area contributed by atoms with E-state index >= 15 is 0 Å². The lowest BCUT2D eigenvalue weighted by molar-refractivity contribution is 0.190. The van der Waals surface area contributed by atoms with Crippen molar-refractivity contribution in [1.29, 1.82) is 0 Å². The maximum atomic E-state index is 6.23. The van der Waals surface area contributed by atoms with Crippen LogP contribution in [-0.2, 0) is 17.7 Å². The Morgan fingerprint density at radius 3 is 2.58 bits per heavy atom. The molecule has 5 nitrogen and oxygen atoms in total. The fourth-order valence-corrected chi connectivity index (χ4v) is 3.25. The van der Waals surface area contributed by atoms with Crippen molar-refractivity contribution >= 4 is 16.9 Å². The lowest BCUT2D eigenvalue weighted by Crippen LogP contribution is -2.06. The number of hydrogen-bond donors (Lipinski definition) is 1. The first kappa shape index (κ1) is 16.5. The summed E-state index contributed by atoms with van der Waals surface area (Å²) in [7, 11) is 1.73. The zero-order valence-electron chi connectivity index (χ0n) is 14.5. The molecule has 24 heavy (non-hydrogen) atoms. The summed E-state index contributed by atoms with van der Waals surface area (Å²) >= 11 is 0. The van der Waals surface area contributed by atoms with E-state index in [4.69, 9.17) is 10.5 Å². The van der Waals surface area contributed by atoms with Gasteiger partial charge in [0.25, 0.3) is 0 Å². The second-order valence-electron chi connectivity index (χ2n) is 6.00. The summed E-state index contributed by atoms with van der Waals surface area (Å²) in [4.78, 5) is 8.75. The Morgan fingerprint density at radius 1 is 1.17 bits per heavy atom. The van der Waals surface area contributed by atoms with E-state index in [2.05, 4.69) is 52.6 Å². The minimum absolute atomic E-state index is 0.538. The van der Waals surface area contributed by atoms with Crippen LogP contribution < -0.4 is 5.73 Å². The first-order chi connectivity index (χ1) is 11.7. The summed E-state index contributed by atoms with van der Waals surface area (Å²) in [6.45, 7) is 5.84. The average molecular weight is 324 g/mol. The first-order valence-corrected chi connectivity index (χ1v) is 8.34. The van der Waals surface area contributed by atoms with Gasteiger partial charge in [-0.05, 0) is 25.3 Å². The van der Waals surface area contributed by atoms with Gasteiger partial charge in [0.05, 0.1) is 5.39 Å². The van der Waals surface area contributed by atoms with Crippen LogP contribution in [0.2, 0.25) is 0 Å². The summed E-state index contributed by atoms with van der Waals surface area (Å²) < 4.78 is 7.47. The molecule has 2 aromatic heterocycles. The van der Waals surface area contributed by atoms with Gasteiger partial charge in [0.2, 0.25) is 0 Å². The van der Waals surface area contributed by atoms with E-state index in [0.29, 0.717) is 5.82 Å². The Kier molecular flexibility index (Phi) is 4.81. The fourth-order valence-electron chi connectivity index (χ4n) is 3.25. The van der Waals surface area contributed by atoms with Crippen molar-refractivity contribution in [2.24, 2.45) is 0 Å². The lowest BCUT2D eigenvalue weighted by Gasteiger charge is -2.10. The molecule has 0 saturated carbocycles. The van der Waals surface area contributed by atoms with Gasteiger partial charge in [-0.3, -0.25) is 0 Å². The normalized spacial score (nSPS) is 11.3. The maximum Gasteiger partial charge on any atom is 0.146 e. The van der Waals surface area contributed by atoms with Crippen molar-refractivity contribution in [3.8, 4) is 11.1 Å². The Labute approximate surface area is 142 Å². The van der Waals surface area contributed by atoms with Gasteiger partial charge in [-0.15, -0.1) is 0 Å². The van der Waals surface area contributed by atoms with Gasteiger partial charge in [0, 0.05) is 31.5 Å². The third-order valence-electron chi connectivity index (χ3n) is 4.38. The number of aryl methyl sites for hydroxylation is 2. The van der Waals surface area contributed by atoms with E-state index in [0.717, 1.165) is 48.2 Å². The van der Waals surface area contributed by atoms with Crippen LogP contribution in [0.3, 0.4) is 0 Å². The molecule has 5 heteroatoms. The van der Waals surface area contributed by atoms with Crippen LogP contribution in [0.25, 0.3) is 22.2 Å². The quantitative estimate of drug-likeness (QED) is 0.704. The predicted molar refractivity (Wildman–Crippen MR) is 98.0 cm³/mol. The van der Waals surface area contributed by atoms with Crippen LogP contribution in [0.4, 0.5) is 5.82 Å². The molecule has 0 unspecified atom stereocenters. The molecule has 2 heterocycles. The third kappa shape index (κ3) is 2.87. The molecule has 3 aromatic rings. The zero-order valence-corrected chi connectivity index (χ0v) is 14.5. The van der Waals surface area contributed by atoms with E-state index in [1.807, 2.05) is 0 Å². The number of benzene rings is 1. The van der Waals surface area contributed by atoms with Gasteiger partial charge in [-0.1, -0.05) is 36.8 Å². The first-order valence-electron chi connectivity index (χ1n) is 8.34. The number of hydrogen-bond acceptors (Lipinski definition) is 4. The molecular weight excluding hydrogens is 300 g/mol. The van der Waals surface area contributed by atoms with E-state index in [-0.39, 0.29) is 0 Å². The molecule has 0 saturated heterocycles.